The van der Waals surface area contributed by atoms with Crippen molar-refractivity contribution in [2.24, 2.45) is 5.73 Å². The molecule has 0 radical (unpaired) electrons. The Morgan fingerprint density at radius 2 is 1.90 bits per heavy atom. The van der Waals surface area contributed by atoms with Crippen molar-refractivity contribution in [3.8, 4) is 0 Å². The van der Waals surface area contributed by atoms with Gasteiger partial charge in [-0.15, -0.1) is 0 Å². The van der Waals surface area contributed by atoms with Gasteiger partial charge in [0.15, 0.2) is 0 Å². The highest BCUT2D eigenvalue weighted by Gasteiger charge is 2.13. The predicted octanol–water partition coefficient (Wildman–Crippen LogP) is 2.92. The zero-order chi connectivity index (χ0) is 14.8. The summed E-state index contributed by atoms with van der Waals surface area (Å²) in [5, 5.41) is 0. The summed E-state index contributed by atoms with van der Waals surface area (Å²) < 4.78 is 0. The van der Waals surface area contributed by atoms with E-state index in [1.807, 2.05) is 35.2 Å². The Hall–Kier alpha value is -1.42. The van der Waals surface area contributed by atoms with Gasteiger partial charge in [-0.05, 0) is 12.0 Å². The highest BCUT2D eigenvalue weighted by molar-refractivity contribution is 7.80. The van der Waals surface area contributed by atoms with Gasteiger partial charge in [0.25, 0.3) is 0 Å². The first kappa shape index (κ1) is 16.6. The van der Waals surface area contributed by atoms with Gasteiger partial charge < -0.3 is 10.6 Å². The average molecular weight is 292 g/mol. The van der Waals surface area contributed by atoms with E-state index in [0.717, 1.165) is 31.4 Å². The normalized spacial score (nSPS) is 10.2. The van der Waals surface area contributed by atoms with Crippen molar-refractivity contribution in [1.82, 2.24) is 4.90 Å². The van der Waals surface area contributed by atoms with Gasteiger partial charge in [0.1, 0.15) is 0 Å². The van der Waals surface area contributed by atoms with Crippen LogP contribution in [0.1, 0.15) is 38.2 Å². The Morgan fingerprint density at radius 3 is 2.50 bits per heavy atom. The average Bonchev–Trinajstić information content (AvgIpc) is 2.43. The maximum absolute atomic E-state index is 12.4. The number of carbonyl (C=O) groups excluding carboxylic acids is 1. The number of rotatable bonds is 9. The van der Waals surface area contributed by atoms with Crippen LogP contribution >= 0.6 is 12.2 Å². The molecule has 4 heteroatoms. The zero-order valence-electron chi connectivity index (χ0n) is 12.2. The Bertz CT molecular complexity index is 420. The molecule has 0 saturated carbocycles. The molecule has 1 amide bonds. The molecule has 1 aromatic carbocycles. The van der Waals surface area contributed by atoms with Crippen LogP contribution in [0.5, 0.6) is 0 Å². The number of thiocarbonyl (C=S) groups is 1. The van der Waals surface area contributed by atoms with E-state index in [1.54, 1.807) is 0 Å². The number of amides is 1. The number of unbranched alkanes of at least 4 members (excludes halogenated alkanes) is 2. The molecule has 0 aromatic heterocycles. The number of carbonyl (C=O) groups is 1. The van der Waals surface area contributed by atoms with Crippen LogP contribution in [0, 0.1) is 0 Å². The fourth-order valence-corrected chi connectivity index (χ4v) is 2.13. The Kier molecular flexibility index (Phi) is 7.88. The lowest BCUT2D eigenvalue weighted by Gasteiger charge is -2.22. The van der Waals surface area contributed by atoms with E-state index in [1.165, 1.54) is 0 Å². The van der Waals surface area contributed by atoms with Crippen LogP contribution in [0.3, 0.4) is 0 Å². The van der Waals surface area contributed by atoms with E-state index in [0.29, 0.717) is 24.4 Å². The van der Waals surface area contributed by atoms with Gasteiger partial charge in [0.2, 0.25) is 5.91 Å². The molecule has 20 heavy (non-hydrogen) atoms. The van der Waals surface area contributed by atoms with Gasteiger partial charge in [-0.25, -0.2) is 0 Å². The van der Waals surface area contributed by atoms with Crippen LogP contribution in [-0.4, -0.2) is 28.9 Å². The summed E-state index contributed by atoms with van der Waals surface area (Å²) in [4.78, 5) is 14.7. The fraction of sp³-hybridized carbons (Fsp3) is 0.500. The highest BCUT2D eigenvalue weighted by Crippen LogP contribution is 2.06. The quantitative estimate of drug-likeness (QED) is 0.562. The van der Waals surface area contributed by atoms with Crippen molar-refractivity contribution in [3.05, 3.63) is 35.9 Å². The second-order valence-electron chi connectivity index (χ2n) is 4.97. The zero-order valence-corrected chi connectivity index (χ0v) is 13.0. The topological polar surface area (TPSA) is 46.3 Å². The highest BCUT2D eigenvalue weighted by atomic mass is 32.1. The van der Waals surface area contributed by atoms with Crippen LogP contribution in [0.15, 0.2) is 30.3 Å². The van der Waals surface area contributed by atoms with E-state index in [-0.39, 0.29) is 5.91 Å². The predicted molar refractivity (Wildman–Crippen MR) is 87.7 cm³/mol. The molecule has 0 bridgehead atoms. The van der Waals surface area contributed by atoms with Crippen LogP contribution in [0.2, 0.25) is 0 Å². The summed E-state index contributed by atoms with van der Waals surface area (Å²) in [5.41, 5.74) is 6.59. The van der Waals surface area contributed by atoms with Gasteiger partial charge in [-0.1, -0.05) is 62.3 Å². The lowest BCUT2D eigenvalue weighted by molar-refractivity contribution is -0.130. The molecular weight excluding hydrogens is 268 g/mol. The Labute approximate surface area is 127 Å². The summed E-state index contributed by atoms with van der Waals surface area (Å²) in [6.45, 7) is 3.58. The van der Waals surface area contributed by atoms with Crippen molar-refractivity contribution >= 4 is 23.1 Å². The molecule has 2 N–H and O–H groups in total. The van der Waals surface area contributed by atoms with E-state index < -0.39 is 0 Å². The van der Waals surface area contributed by atoms with Gasteiger partial charge in [0, 0.05) is 19.5 Å². The van der Waals surface area contributed by atoms with Crippen molar-refractivity contribution in [2.75, 3.05) is 13.1 Å². The molecule has 0 heterocycles. The molecule has 3 nitrogen and oxygen atoms in total. The second-order valence-corrected chi connectivity index (χ2v) is 5.49. The SMILES string of the molecule is CCCCCN(CCC(N)=S)C(=O)Cc1ccccc1. The molecule has 0 aliphatic heterocycles. The molecule has 0 spiro atoms. The Morgan fingerprint density at radius 1 is 1.20 bits per heavy atom. The van der Waals surface area contributed by atoms with Gasteiger partial charge >= 0.3 is 0 Å². The Balaban J connectivity index is 2.55. The van der Waals surface area contributed by atoms with Crippen molar-refractivity contribution in [3.63, 3.8) is 0 Å². The van der Waals surface area contributed by atoms with E-state index in [4.69, 9.17) is 18.0 Å². The summed E-state index contributed by atoms with van der Waals surface area (Å²) in [6, 6.07) is 9.84. The number of nitrogens with zero attached hydrogens (tertiary/aromatic N) is 1. The van der Waals surface area contributed by atoms with Crippen LogP contribution in [0.4, 0.5) is 0 Å². The van der Waals surface area contributed by atoms with E-state index in [9.17, 15) is 4.79 Å². The minimum atomic E-state index is 0.156. The van der Waals surface area contributed by atoms with Gasteiger partial charge in [0.05, 0.1) is 11.4 Å². The third-order valence-electron chi connectivity index (χ3n) is 3.21. The monoisotopic (exact) mass is 292 g/mol. The van der Waals surface area contributed by atoms with Crippen molar-refractivity contribution in [2.45, 2.75) is 39.0 Å². The molecular formula is C16H24N2OS. The van der Waals surface area contributed by atoms with Crippen molar-refractivity contribution in [1.29, 1.82) is 0 Å². The maximum atomic E-state index is 12.4. The lowest BCUT2D eigenvalue weighted by atomic mass is 10.1. The third kappa shape index (κ3) is 6.66. The largest absolute Gasteiger partial charge is 0.393 e. The maximum Gasteiger partial charge on any atom is 0.227 e. The standard InChI is InChI=1S/C16H24N2OS/c1-2-3-7-11-18(12-10-15(17)20)16(19)13-14-8-5-4-6-9-14/h4-6,8-9H,2-3,7,10-13H2,1H3,(H2,17,20). The molecule has 0 aliphatic carbocycles. The summed E-state index contributed by atoms with van der Waals surface area (Å²) in [7, 11) is 0. The summed E-state index contributed by atoms with van der Waals surface area (Å²) >= 11 is 4.91. The lowest BCUT2D eigenvalue weighted by Crippen LogP contribution is -2.35. The van der Waals surface area contributed by atoms with Crippen molar-refractivity contribution < 1.29 is 4.79 Å². The molecule has 110 valence electrons. The fourth-order valence-electron chi connectivity index (χ4n) is 2.04. The number of benzene rings is 1. The van der Waals surface area contributed by atoms with Gasteiger partial charge in [-0.2, -0.15) is 0 Å². The molecule has 1 aromatic rings. The molecule has 0 atom stereocenters. The van der Waals surface area contributed by atoms with E-state index in [2.05, 4.69) is 6.92 Å². The van der Waals surface area contributed by atoms with Crippen LogP contribution in [0.25, 0.3) is 0 Å². The molecule has 0 saturated heterocycles. The first-order chi connectivity index (χ1) is 9.63. The molecule has 1 rings (SSSR count). The summed E-state index contributed by atoms with van der Waals surface area (Å²) in [5.74, 6) is 0.156. The molecule has 0 unspecified atom stereocenters. The first-order valence-corrected chi connectivity index (χ1v) is 7.64. The van der Waals surface area contributed by atoms with Crippen LogP contribution < -0.4 is 5.73 Å². The van der Waals surface area contributed by atoms with Gasteiger partial charge in [-0.3, -0.25) is 4.79 Å². The smallest absolute Gasteiger partial charge is 0.227 e. The number of nitrogens with two attached hydrogens (primary N) is 1. The minimum absolute atomic E-state index is 0.156. The number of hydrogen-bond acceptors (Lipinski definition) is 2. The van der Waals surface area contributed by atoms with Crippen LogP contribution in [-0.2, 0) is 11.2 Å². The summed E-state index contributed by atoms with van der Waals surface area (Å²) in [6.07, 6.45) is 4.37. The van der Waals surface area contributed by atoms with E-state index >= 15 is 0 Å². The molecule has 0 aliphatic rings. The third-order valence-corrected chi connectivity index (χ3v) is 3.41. The first-order valence-electron chi connectivity index (χ1n) is 7.23. The minimum Gasteiger partial charge on any atom is -0.393 e. The second kappa shape index (κ2) is 9.48. The molecule has 0 fully saturated rings. The number of hydrogen-bond donors (Lipinski definition) is 1.